The molecule has 0 spiro atoms. The van der Waals surface area contributed by atoms with Crippen LogP contribution in [0.25, 0.3) is 6.08 Å². The second kappa shape index (κ2) is 7.70. The van der Waals surface area contributed by atoms with Gasteiger partial charge in [-0.15, -0.1) is 0 Å². The van der Waals surface area contributed by atoms with Crippen molar-refractivity contribution >= 4 is 12.0 Å². The van der Waals surface area contributed by atoms with Gasteiger partial charge in [-0.1, -0.05) is 12.1 Å². The van der Waals surface area contributed by atoms with E-state index in [0.29, 0.717) is 6.61 Å². The zero-order chi connectivity index (χ0) is 14.2. The lowest BCUT2D eigenvalue weighted by molar-refractivity contribution is -0.137. The van der Waals surface area contributed by atoms with Crippen LogP contribution in [-0.4, -0.2) is 25.5 Å². The fourth-order valence-corrected chi connectivity index (χ4v) is 1.97. The first-order valence-electron chi connectivity index (χ1n) is 7.01. The monoisotopic (exact) mass is 276 g/mol. The predicted octanol–water partition coefficient (Wildman–Crippen LogP) is 3.17. The Bertz CT molecular complexity index is 444. The number of rotatable bonds is 5. The fraction of sp³-hybridized carbons (Fsp3) is 0.438. The van der Waals surface area contributed by atoms with Crippen LogP contribution in [0, 0.1) is 0 Å². The summed E-state index contributed by atoms with van der Waals surface area (Å²) >= 11 is 0. The molecule has 108 valence electrons. The summed E-state index contributed by atoms with van der Waals surface area (Å²) in [5.41, 5.74) is 0.926. The summed E-state index contributed by atoms with van der Waals surface area (Å²) in [7, 11) is 0. The Kier molecular flexibility index (Phi) is 5.62. The van der Waals surface area contributed by atoms with Gasteiger partial charge in [-0.05, 0) is 43.5 Å². The zero-order valence-electron chi connectivity index (χ0n) is 11.7. The molecular weight excluding hydrogens is 256 g/mol. The van der Waals surface area contributed by atoms with Gasteiger partial charge in [0.05, 0.1) is 13.2 Å². The van der Waals surface area contributed by atoms with Crippen LogP contribution in [0.15, 0.2) is 30.3 Å². The van der Waals surface area contributed by atoms with Crippen LogP contribution in [-0.2, 0) is 14.3 Å². The quantitative estimate of drug-likeness (QED) is 0.612. The average Bonchev–Trinajstić information content (AvgIpc) is 2.48. The Morgan fingerprint density at radius 1 is 1.35 bits per heavy atom. The smallest absolute Gasteiger partial charge is 0.330 e. The normalized spacial score (nSPS) is 18.9. The molecular formula is C16H20O4. The van der Waals surface area contributed by atoms with Gasteiger partial charge in [0, 0.05) is 12.5 Å². The highest BCUT2D eigenvalue weighted by Gasteiger charge is 2.14. The summed E-state index contributed by atoms with van der Waals surface area (Å²) < 4.78 is 16.1. The maximum absolute atomic E-state index is 11.2. The summed E-state index contributed by atoms with van der Waals surface area (Å²) in [4.78, 5) is 11.2. The Labute approximate surface area is 119 Å². The molecule has 1 aliphatic rings. The molecule has 1 aliphatic heterocycles. The van der Waals surface area contributed by atoms with Crippen molar-refractivity contribution in [3.8, 4) is 5.75 Å². The molecule has 1 saturated heterocycles. The van der Waals surface area contributed by atoms with Crippen molar-refractivity contribution in [2.75, 3.05) is 13.2 Å². The first kappa shape index (κ1) is 14.6. The molecule has 0 aliphatic carbocycles. The lowest BCUT2D eigenvalue weighted by atomic mass is 10.2. The first-order chi connectivity index (χ1) is 9.78. The molecule has 1 atom stereocenters. The van der Waals surface area contributed by atoms with Gasteiger partial charge in [0.2, 0.25) is 0 Å². The molecule has 1 aromatic carbocycles. The van der Waals surface area contributed by atoms with Crippen LogP contribution < -0.4 is 4.74 Å². The minimum Gasteiger partial charge on any atom is -0.465 e. The SMILES string of the molecule is CCOC(=O)/C=C/c1ccc(OC2CCCCO2)cc1. The Morgan fingerprint density at radius 2 is 2.15 bits per heavy atom. The zero-order valence-corrected chi connectivity index (χ0v) is 11.7. The summed E-state index contributed by atoms with van der Waals surface area (Å²) in [5, 5.41) is 0. The van der Waals surface area contributed by atoms with Gasteiger partial charge < -0.3 is 14.2 Å². The van der Waals surface area contributed by atoms with Crippen molar-refractivity contribution in [3.63, 3.8) is 0 Å². The van der Waals surface area contributed by atoms with Gasteiger partial charge >= 0.3 is 5.97 Å². The maximum Gasteiger partial charge on any atom is 0.330 e. The van der Waals surface area contributed by atoms with E-state index in [1.165, 1.54) is 6.08 Å². The number of esters is 1. The molecule has 0 radical (unpaired) electrons. The second-order valence-corrected chi connectivity index (χ2v) is 4.57. The summed E-state index contributed by atoms with van der Waals surface area (Å²) in [5.74, 6) is 0.452. The lowest BCUT2D eigenvalue weighted by Gasteiger charge is -2.23. The van der Waals surface area contributed by atoms with Crippen LogP contribution in [0.4, 0.5) is 0 Å². The lowest BCUT2D eigenvalue weighted by Crippen LogP contribution is -2.24. The van der Waals surface area contributed by atoms with Gasteiger partial charge in [-0.2, -0.15) is 0 Å². The van der Waals surface area contributed by atoms with E-state index in [4.69, 9.17) is 14.2 Å². The van der Waals surface area contributed by atoms with Gasteiger partial charge in [0.1, 0.15) is 5.75 Å². The highest BCUT2D eigenvalue weighted by molar-refractivity contribution is 5.87. The predicted molar refractivity (Wildman–Crippen MR) is 76.3 cm³/mol. The maximum atomic E-state index is 11.2. The van der Waals surface area contributed by atoms with E-state index >= 15 is 0 Å². The number of carbonyl (C=O) groups is 1. The van der Waals surface area contributed by atoms with Gasteiger partial charge in [0.25, 0.3) is 0 Å². The molecule has 1 heterocycles. The van der Waals surface area contributed by atoms with E-state index in [1.807, 2.05) is 24.3 Å². The third-order valence-corrected chi connectivity index (χ3v) is 2.98. The molecule has 1 aromatic rings. The minimum absolute atomic E-state index is 0.135. The molecule has 4 heteroatoms. The standard InChI is InChI=1S/C16H20O4/c1-2-18-15(17)11-8-13-6-9-14(10-7-13)20-16-5-3-4-12-19-16/h6-11,16H,2-5,12H2,1H3/b11-8+. The van der Waals surface area contributed by atoms with E-state index in [0.717, 1.165) is 37.2 Å². The molecule has 1 unspecified atom stereocenters. The van der Waals surface area contributed by atoms with Crippen LogP contribution in [0.1, 0.15) is 31.7 Å². The topological polar surface area (TPSA) is 44.8 Å². The third kappa shape index (κ3) is 4.70. The van der Waals surface area contributed by atoms with Crippen molar-refractivity contribution in [1.82, 2.24) is 0 Å². The third-order valence-electron chi connectivity index (χ3n) is 2.98. The van der Waals surface area contributed by atoms with E-state index in [-0.39, 0.29) is 12.3 Å². The van der Waals surface area contributed by atoms with E-state index < -0.39 is 0 Å². The van der Waals surface area contributed by atoms with Crippen LogP contribution in [0.3, 0.4) is 0 Å². The van der Waals surface area contributed by atoms with Crippen LogP contribution in [0.5, 0.6) is 5.75 Å². The van der Waals surface area contributed by atoms with Crippen LogP contribution in [0.2, 0.25) is 0 Å². The molecule has 0 aromatic heterocycles. The molecule has 1 fully saturated rings. The van der Waals surface area contributed by atoms with Gasteiger partial charge in [-0.25, -0.2) is 4.79 Å². The number of ether oxygens (including phenoxy) is 3. The Hall–Kier alpha value is -1.81. The summed E-state index contributed by atoms with van der Waals surface area (Å²) in [6.07, 6.45) is 6.19. The summed E-state index contributed by atoms with van der Waals surface area (Å²) in [6, 6.07) is 7.55. The molecule has 0 N–H and O–H groups in total. The minimum atomic E-state index is -0.330. The Morgan fingerprint density at radius 3 is 2.80 bits per heavy atom. The molecule has 0 amide bonds. The number of hydrogen-bond acceptors (Lipinski definition) is 4. The van der Waals surface area contributed by atoms with Crippen molar-refractivity contribution in [2.45, 2.75) is 32.5 Å². The molecule has 0 bridgehead atoms. The number of carbonyl (C=O) groups excluding carboxylic acids is 1. The highest BCUT2D eigenvalue weighted by atomic mass is 16.7. The molecule has 20 heavy (non-hydrogen) atoms. The van der Waals surface area contributed by atoms with Gasteiger partial charge in [-0.3, -0.25) is 0 Å². The van der Waals surface area contributed by atoms with Gasteiger partial charge in [0.15, 0.2) is 6.29 Å². The van der Waals surface area contributed by atoms with E-state index in [2.05, 4.69) is 0 Å². The van der Waals surface area contributed by atoms with Crippen molar-refractivity contribution in [1.29, 1.82) is 0 Å². The molecule has 4 nitrogen and oxygen atoms in total. The fourth-order valence-electron chi connectivity index (χ4n) is 1.97. The van der Waals surface area contributed by atoms with E-state index in [9.17, 15) is 4.79 Å². The Balaban J connectivity index is 1.87. The first-order valence-corrected chi connectivity index (χ1v) is 7.01. The molecule has 0 saturated carbocycles. The van der Waals surface area contributed by atoms with Crippen molar-refractivity contribution in [2.24, 2.45) is 0 Å². The van der Waals surface area contributed by atoms with Crippen molar-refractivity contribution in [3.05, 3.63) is 35.9 Å². The number of hydrogen-bond donors (Lipinski definition) is 0. The molecule has 2 rings (SSSR count). The van der Waals surface area contributed by atoms with E-state index in [1.54, 1.807) is 13.0 Å². The van der Waals surface area contributed by atoms with Crippen molar-refractivity contribution < 1.29 is 19.0 Å². The highest BCUT2D eigenvalue weighted by Crippen LogP contribution is 2.19. The average molecular weight is 276 g/mol. The van der Waals surface area contributed by atoms with Crippen LogP contribution >= 0.6 is 0 Å². The number of benzene rings is 1. The second-order valence-electron chi connectivity index (χ2n) is 4.57. The summed E-state index contributed by atoms with van der Waals surface area (Å²) in [6.45, 7) is 2.94. The largest absolute Gasteiger partial charge is 0.465 e.